The average molecular weight is 348 g/mol. The third kappa shape index (κ3) is 2.37. The van der Waals surface area contributed by atoms with Crippen molar-refractivity contribution in [2.45, 2.75) is 49.7 Å². The SMILES string of the molecule is CCCC[C@H]1C(S(=O)(=O)c2ccc(C)cc2)=C[C@H]2COC[C@]23O[C@H]13. The summed E-state index contributed by atoms with van der Waals surface area (Å²) in [6.45, 7) is 5.25. The highest BCUT2D eigenvalue weighted by atomic mass is 32.2. The van der Waals surface area contributed by atoms with Crippen LogP contribution >= 0.6 is 0 Å². The molecule has 0 N–H and O–H groups in total. The molecule has 130 valence electrons. The van der Waals surface area contributed by atoms with E-state index in [1.165, 1.54) is 0 Å². The van der Waals surface area contributed by atoms with Crippen LogP contribution in [0.3, 0.4) is 0 Å². The summed E-state index contributed by atoms with van der Waals surface area (Å²) in [5.41, 5.74) is 0.813. The smallest absolute Gasteiger partial charge is 0.202 e. The number of hydrogen-bond donors (Lipinski definition) is 0. The molecule has 24 heavy (non-hydrogen) atoms. The molecule has 4 rings (SSSR count). The van der Waals surface area contributed by atoms with Crippen LogP contribution in [0.15, 0.2) is 40.1 Å². The number of ether oxygens (including phenoxy) is 2. The maximum Gasteiger partial charge on any atom is 0.202 e. The van der Waals surface area contributed by atoms with Crippen molar-refractivity contribution in [1.29, 1.82) is 0 Å². The molecule has 0 saturated carbocycles. The van der Waals surface area contributed by atoms with E-state index in [1.54, 1.807) is 12.1 Å². The standard InChI is InChI=1S/C19H24O4S/c1-3-4-5-16-17(10-14-11-22-12-19(14)18(16)23-19)24(20,21)15-8-6-13(2)7-9-15/h6-10,14,16,18H,3-5,11-12H2,1-2H3/t14-,16-,18+,19-/m0/s1. The minimum absolute atomic E-state index is 0.00299. The molecule has 1 spiro atoms. The van der Waals surface area contributed by atoms with Crippen molar-refractivity contribution < 1.29 is 17.9 Å². The highest BCUT2D eigenvalue weighted by Gasteiger charge is 2.69. The summed E-state index contributed by atoms with van der Waals surface area (Å²) in [7, 11) is -3.48. The maximum atomic E-state index is 13.3. The predicted octanol–water partition coefficient (Wildman–Crippen LogP) is 3.26. The Kier molecular flexibility index (Phi) is 3.86. The molecule has 0 amide bonds. The summed E-state index contributed by atoms with van der Waals surface area (Å²) in [6, 6.07) is 7.13. The molecule has 1 aromatic carbocycles. The van der Waals surface area contributed by atoms with Gasteiger partial charge in [-0.1, -0.05) is 43.5 Å². The van der Waals surface area contributed by atoms with Gasteiger partial charge >= 0.3 is 0 Å². The van der Waals surface area contributed by atoms with Gasteiger partial charge in [-0.15, -0.1) is 0 Å². The first-order valence-corrected chi connectivity index (χ1v) is 10.3. The summed E-state index contributed by atoms with van der Waals surface area (Å²) < 4.78 is 38.2. The van der Waals surface area contributed by atoms with Crippen LogP contribution in [0.1, 0.15) is 31.7 Å². The van der Waals surface area contributed by atoms with E-state index >= 15 is 0 Å². The summed E-state index contributed by atoms with van der Waals surface area (Å²) in [5, 5.41) is 0. The van der Waals surface area contributed by atoms with Crippen molar-refractivity contribution in [1.82, 2.24) is 0 Å². The van der Waals surface area contributed by atoms with E-state index in [9.17, 15) is 8.42 Å². The van der Waals surface area contributed by atoms with Gasteiger partial charge in [0.1, 0.15) is 5.60 Å². The number of benzene rings is 1. The van der Waals surface area contributed by atoms with Crippen molar-refractivity contribution in [3.63, 3.8) is 0 Å². The molecule has 1 aliphatic carbocycles. The first kappa shape index (κ1) is 16.3. The van der Waals surface area contributed by atoms with Crippen LogP contribution in [0.4, 0.5) is 0 Å². The van der Waals surface area contributed by atoms with Crippen LogP contribution in [0.25, 0.3) is 0 Å². The van der Waals surface area contributed by atoms with E-state index in [0.29, 0.717) is 23.0 Å². The minimum Gasteiger partial charge on any atom is -0.378 e. The summed E-state index contributed by atoms with van der Waals surface area (Å²) in [5.74, 6) is 0.0183. The van der Waals surface area contributed by atoms with Crippen LogP contribution in [0, 0.1) is 18.8 Å². The van der Waals surface area contributed by atoms with Crippen LogP contribution in [0.5, 0.6) is 0 Å². The molecule has 1 aromatic rings. The largest absolute Gasteiger partial charge is 0.378 e. The molecule has 0 unspecified atom stereocenters. The zero-order valence-corrected chi connectivity index (χ0v) is 15.0. The van der Waals surface area contributed by atoms with Crippen LogP contribution in [-0.2, 0) is 19.3 Å². The van der Waals surface area contributed by atoms with Gasteiger partial charge in [0, 0.05) is 11.8 Å². The van der Waals surface area contributed by atoms with E-state index in [2.05, 4.69) is 6.92 Å². The second kappa shape index (κ2) is 5.68. The van der Waals surface area contributed by atoms with Gasteiger partial charge in [-0.2, -0.15) is 0 Å². The molecule has 2 saturated heterocycles. The Hall–Kier alpha value is -1.17. The zero-order chi connectivity index (χ0) is 16.9. The lowest BCUT2D eigenvalue weighted by atomic mass is 9.79. The normalized spacial score (nSPS) is 34.4. The molecule has 4 atom stereocenters. The van der Waals surface area contributed by atoms with Crippen molar-refractivity contribution in [3.8, 4) is 0 Å². The fourth-order valence-electron chi connectivity index (χ4n) is 4.15. The van der Waals surface area contributed by atoms with E-state index in [1.807, 2.05) is 25.1 Å². The van der Waals surface area contributed by atoms with Gasteiger partial charge in [-0.25, -0.2) is 8.42 Å². The molecule has 2 aliphatic heterocycles. The van der Waals surface area contributed by atoms with Gasteiger partial charge in [0.15, 0.2) is 0 Å². The second-order valence-electron chi connectivity index (χ2n) is 7.25. The maximum absolute atomic E-state index is 13.3. The molecule has 2 fully saturated rings. The molecule has 5 heteroatoms. The van der Waals surface area contributed by atoms with Crippen molar-refractivity contribution in [3.05, 3.63) is 40.8 Å². The number of epoxide rings is 1. The highest BCUT2D eigenvalue weighted by Crippen LogP contribution is 2.58. The molecule has 0 bridgehead atoms. The lowest BCUT2D eigenvalue weighted by Gasteiger charge is -2.26. The van der Waals surface area contributed by atoms with Crippen LogP contribution in [0.2, 0.25) is 0 Å². The summed E-state index contributed by atoms with van der Waals surface area (Å²) >= 11 is 0. The number of aryl methyl sites for hydroxylation is 1. The Morgan fingerprint density at radius 1 is 1.25 bits per heavy atom. The highest BCUT2D eigenvalue weighted by molar-refractivity contribution is 7.95. The zero-order valence-electron chi connectivity index (χ0n) is 14.2. The number of sulfone groups is 1. The van der Waals surface area contributed by atoms with Gasteiger partial charge in [0.05, 0.1) is 29.1 Å². The molecular weight excluding hydrogens is 324 g/mol. The first-order chi connectivity index (χ1) is 11.5. The van der Waals surface area contributed by atoms with E-state index in [4.69, 9.17) is 9.47 Å². The Balaban J connectivity index is 1.74. The number of rotatable bonds is 5. The van der Waals surface area contributed by atoms with Gasteiger partial charge in [0.2, 0.25) is 9.84 Å². The topological polar surface area (TPSA) is 55.9 Å². The van der Waals surface area contributed by atoms with Gasteiger partial charge in [-0.3, -0.25) is 0 Å². The lowest BCUT2D eigenvalue weighted by molar-refractivity contribution is 0.170. The predicted molar refractivity (Wildman–Crippen MR) is 91.4 cm³/mol. The summed E-state index contributed by atoms with van der Waals surface area (Å²) in [4.78, 5) is 0.932. The molecule has 3 aliphatic rings. The fraction of sp³-hybridized carbons (Fsp3) is 0.579. The van der Waals surface area contributed by atoms with Gasteiger partial charge < -0.3 is 9.47 Å². The number of unbranched alkanes of at least 4 members (excludes halogenated alkanes) is 1. The molecule has 0 radical (unpaired) electrons. The van der Waals surface area contributed by atoms with Crippen molar-refractivity contribution in [2.75, 3.05) is 13.2 Å². The van der Waals surface area contributed by atoms with Crippen LogP contribution in [-0.4, -0.2) is 33.3 Å². The Morgan fingerprint density at radius 2 is 2.00 bits per heavy atom. The van der Waals surface area contributed by atoms with Crippen LogP contribution < -0.4 is 0 Å². The summed E-state index contributed by atoms with van der Waals surface area (Å²) in [6.07, 6.45) is 4.84. The molecule has 2 heterocycles. The van der Waals surface area contributed by atoms with E-state index < -0.39 is 9.84 Å². The molecule has 4 nitrogen and oxygen atoms in total. The molecule has 0 aromatic heterocycles. The Bertz CT molecular complexity index is 765. The van der Waals surface area contributed by atoms with E-state index in [-0.39, 0.29) is 23.5 Å². The molecular formula is C19H24O4S. The first-order valence-electron chi connectivity index (χ1n) is 8.78. The second-order valence-corrected chi connectivity index (χ2v) is 9.20. The van der Waals surface area contributed by atoms with E-state index in [0.717, 1.165) is 24.8 Å². The third-order valence-corrected chi connectivity index (χ3v) is 7.58. The van der Waals surface area contributed by atoms with Gasteiger partial charge in [0.25, 0.3) is 0 Å². The van der Waals surface area contributed by atoms with Crippen molar-refractivity contribution >= 4 is 9.84 Å². The fourth-order valence-corrected chi connectivity index (χ4v) is 5.90. The Labute approximate surface area is 143 Å². The quantitative estimate of drug-likeness (QED) is 0.767. The Morgan fingerprint density at radius 3 is 2.71 bits per heavy atom. The van der Waals surface area contributed by atoms with Gasteiger partial charge in [-0.05, 0) is 25.5 Å². The average Bonchev–Trinajstić information content (AvgIpc) is 3.15. The monoisotopic (exact) mass is 348 g/mol. The lowest BCUT2D eigenvalue weighted by Crippen LogP contribution is -2.35. The third-order valence-electron chi connectivity index (χ3n) is 5.63. The minimum atomic E-state index is -3.48. The van der Waals surface area contributed by atoms with Crippen molar-refractivity contribution in [2.24, 2.45) is 11.8 Å². The number of hydrogen-bond acceptors (Lipinski definition) is 4.